The molecule has 2 aromatic rings. The fraction of sp³-hybridized carbons (Fsp3) is 0.154. The average molecular weight is 246 g/mol. The molecular formula is C13H12NO2S-. The number of nitrogens with one attached hydrogen (secondary N) is 1. The van der Waals surface area contributed by atoms with Crippen molar-refractivity contribution < 1.29 is 9.90 Å². The van der Waals surface area contributed by atoms with E-state index in [1.165, 1.54) is 11.3 Å². The van der Waals surface area contributed by atoms with Crippen molar-refractivity contribution in [2.75, 3.05) is 5.32 Å². The Morgan fingerprint density at radius 2 is 2.18 bits per heavy atom. The van der Waals surface area contributed by atoms with Crippen LogP contribution in [-0.2, 0) is 4.79 Å². The lowest BCUT2D eigenvalue weighted by Crippen LogP contribution is -2.33. The molecular weight excluding hydrogens is 234 g/mol. The number of carboxylic acid groups (broad SMARTS) is 1. The van der Waals surface area contributed by atoms with E-state index < -0.39 is 12.0 Å². The fourth-order valence-electron chi connectivity index (χ4n) is 1.60. The number of hydrogen-bond acceptors (Lipinski definition) is 4. The second kappa shape index (κ2) is 5.01. The SMILES string of the molecule is Cc1cccc(N[C@H](C(=O)[O-])c2cccs2)c1. The van der Waals surface area contributed by atoms with Gasteiger partial charge in [0.2, 0.25) is 0 Å². The molecule has 0 amide bonds. The van der Waals surface area contributed by atoms with E-state index in [2.05, 4.69) is 5.32 Å². The monoisotopic (exact) mass is 246 g/mol. The third-order valence-electron chi connectivity index (χ3n) is 2.39. The number of aryl methyl sites for hydroxylation is 1. The van der Waals surface area contributed by atoms with Gasteiger partial charge in [-0.2, -0.15) is 0 Å². The fourth-order valence-corrected chi connectivity index (χ4v) is 2.37. The summed E-state index contributed by atoms with van der Waals surface area (Å²) in [6.45, 7) is 1.96. The maximum Gasteiger partial charge on any atom is 0.101 e. The molecule has 0 aliphatic heterocycles. The number of carbonyl (C=O) groups is 1. The van der Waals surface area contributed by atoms with Crippen LogP contribution in [0.25, 0.3) is 0 Å². The van der Waals surface area contributed by atoms with Crippen molar-refractivity contribution in [3.05, 3.63) is 52.2 Å². The molecule has 0 unspecified atom stereocenters. The first-order valence-corrected chi connectivity index (χ1v) is 6.12. The van der Waals surface area contributed by atoms with Gasteiger partial charge in [0.05, 0.1) is 5.97 Å². The number of aliphatic carboxylic acids is 1. The normalized spacial score (nSPS) is 12.1. The molecule has 0 radical (unpaired) electrons. The van der Waals surface area contributed by atoms with Gasteiger partial charge in [-0.1, -0.05) is 18.2 Å². The zero-order chi connectivity index (χ0) is 12.3. The van der Waals surface area contributed by atoms with Gasteiger partial charge in [0.1, 0.15) is 6.04 Å². The van der Waals surface area contributed by atoms with Crippen LogP contribution in [0.3, 0.4) is 0 Å². The van der Waals surface area contributed by atoms with E-state index >= 15 is 0 Å². The third kappa shape index (κ3) is 2.85. The molecule has 3 nitrogen and oxygen atoms in total. The second-order valence-electron chi connectivity index (χ2n) is 3.78. The Morgan fingerprint density at radius 3 is 2.76 bits per heavy atom. The van der Waals surface area contributed by atoms with Gasteiger partial charge in [-0.15, -0.1) is 11.3 Å². The van der Waals surface area contributed by atoms with Gasteiger partial charge in [0.15, 0.2) is 0 Å². The molecule has 0 bridgehead atoms. The van der Waals surface area contributed by atoms with Crippen LogP contribution in [0.5, 0.6) is 0 Å². The predicted molar refractivity (Wildman–Crippen MR) is 66.9 cm³/mol. The number of carbonyl (C=O) groups excluding carboxylic acids is 1. The van der Waals surface area contributed by atoms with Crippen molar-refractivity contribution in [1.29, 1.82) is 0 Å². The van der Waals surface area contributed by atoms with Gasteiger partial charge >= 0.3 is 0 Å². The van der Waals surface area contributed by atoms with Crippen LogP contribution in [0.4, 0.5) is 5.69 Å². The highest BCUT2D eigenvalue weighted by molar-refractivity contribution is 7.10. The first kappa shape index (κ1) is 11.7. The van der Waals surface area contributed by atoms with E-state index in [1.807, 2.05) is 42.6 Å². The smallest absolute Gasteiger partial charge is 0.101 e. The Kier molecular flexibility index (Phi) is 3.44. The summed E-state index contributed by atoms with van der Waals surface area (Å²) in [6, 6.07) is 10.4. The molecule has 4 heteroatoms. The molecule has 1 N–H and O–H groups in total. The zero-order valence-corrected chi connectivity index (χ0v) is 10.2. The van der Waals surface area contributed by atoms with Crippen molar-refractivity contribution in [3.8, 4) is 0 Å². The van der Waals surface area contributed by atoms with Gasteiger partial charge < -0.3 is 15.2 Å². The van der Waals surface area contributed by atoms with Crippen molar-refractivity contribution in [1.82, 2.24) is 0 Å². The minimum atomic E-state index is -1.12. The largest absolute Gasteiger partial charge is 0.547 e. The first-order valence-electron chi connectivity index (χ1n) is 5.24. The summed E-state index contributed by atoms with van der Waals surface area (Å²) < 4.78 is 0. The lowest BCUT2D eigenvalue weighted by atomic mass is 10.2. The summed E-state index contributed by atoms with van der Waals surface area (Å²) in [5, 5.41) is 15.9. The minimum absolute atomic E-state index is 0.742. The van der Waals surface area contributed by atoms with Crippen LogP contribution in [0.2, 0.25) is 0 Å². The second-order valence-corrected chi connectivity index (χ2v) is 4.76. The minimum Gasteiger partial charge on any atom is -0.547 e. The molecule has 0 aliphatic rings. The molecule has 0 saturated heterocycles. The van der Waals surface area contributed by atoms with E-state index in [0.717, 1.165) is 16.1 Å². The first-order chi connectivity index (χ1) is 8.16. The molecule has 1 heterocycles. The Hall–Kier alpha value is -1.81. The predicted octanol–water partition coefficient (Wildman–Crippen LogP) is 1.96. The Morgan fingerprint density at radius 1 is 1.35 bits per heavy atom. The Bertz CT molecular complexity index is 508. The van der Waals surface area contributed by atoms with Crippen LogP contribution in [0.1, 0.15) is 16.5 Å². The molecule has 1 atom stereocenters. The average Bonchev–Trinajstić information content (AvgIpc) is 2.78. The third-order valence-corrected chi connectivity index (χ3v) is 3.33. The van der Waals surface area contributed by atoms with Crippen molar-refractivity contribution in [3.63, 3.8) is 0 Å². The van der Waals surface area contributed by atoms with Gasteiger partial charge in [0.25, 0.3) is 0 Å². The number of anilines is 1. The number of hydrogen-bond donors (Lipinski definition) is 1. The maximum absolute atomic E-state index is 11.1. The molecule has 0 saturated carbocycles. The zero-order valence-electron chi connectivity index (χ0n) is 9.34. The van der Waals surface area contributed by atoms with Crippen molar-refractivity contribution >= 4 is 23.0 Å². The van der Waals surface area contributed by atoms with Gasteiger partial charge in [-0.3, -0.25) is 0 Å². The molecule has 0 aliphatic carbocycles. The van der Waals surface area contributed by atoms with E-state index in [-0.39, 0.29) is 0 Å². The van der Waals surface area contributed by atoms with E-state index in [0.29, 0.717) is 0 Å². The highest BCUT2D eigenvalue weighted by Crippen LogP contribution is 2.23. The number of thiophene rings is 1. The summed E-state index contributed by atoms with van der Waals surface area (Å²) in [6.07, 6.45) is 0. The van der Waals surface area contributed by atoms with Crippen molar-refractivity contribution in [2.45, 2.75) is 13.0 Å². The molecule has 2 rings (SSSR count). The lowest BCUT2D eigenvalue weighted by molar-refractivity contribution is -0.307. The summed E-state index contributed by atoms with van der Waals surface area (Å²) in [5.41, 5.74) is 1.87. The standard InChI is InChI=1S/C13H13NO2S/c1-9-4-2-5-10(8-9)14-12(13(15)16)11-6-3-7-17-11/h2-8,12,14H,1H3,(H,15,16)/p-1/t12-/m0/s1. The van der Waals surface area contributed by atoms with Crippen LogP contribution in [0, 0.1) is 6.92 Å². The lowest BCUT2D eigenvalue weighted by Gasteiger charge is -2.19. The van der Waals surface area contributed by atoms with Gasteiger partial charge in [-0.05, 0) is 36.1 Å². The Labute approximate surface area is 104 Å². The molecule has 0 spiro atoms. The van der Waals surface area contributed by atoms with Crippen LogP contribution in [0.15, 0.2) is 41.8 Å². The molecule has 88 valence electrons. The van der Waals surface area contributed by atoms with E-state index in [1.54, 1.807) is 6.07 Å². The quantitative estimate of drug-likeness (QED) is 0.897. The topological polar surface area (TPSA) is 52.2 Å². The Balaban J connectivity index is 2.22. The van der Waals surface area contributed by atoms with E-state index in [4.69, 9.17) is 0 Å². The van der Waals surface area contributed by atoms with Crippen molar-refractivity contribution in [2.24, 2.45) is 0 Å². The highest BCUT2D eigenvalue weighted by Gasteiger charge is 2.13. The van der Waals surface area contributed by atoms with Crippen LogP contribution < -0.4 is 10.4 Å². The summed E-state index contributed by atoms with van der Waals surface area (Å²) in [7, 11) is 0. The summed E-state index contributed by atoms with van der Waals surface area (Å²) in [5.74, 6) is -1.12. The van der Waals surface area contributed by atoms with E-state index in [9.17, 15) is 9.90 Å². The maximum atomic E-state index is 11.1. The summed E-state index contributed by atoms with van der Waals surface area (Å²) in [4.78, 5) is 11.9. The molecule has 1 aromatic carbocycles. The molecule has 17 heavy (non-hydrogen) atoms. The number of rotatable bonds is 4. The van der Waals surface area contributed by atoms with Crippen LogP contribution >= 0.6 is 11.3 Å². The number of carboxylic acids is 1. The number of benzene rings is 1. The molecule has 0 fully saturated rings. The molecule has 1 aromatic heterocycles. The van der Waals surface area contributed by atoms with Gasteiger partial charge in [-0.25, -0.2) is 0 Å². The highest BCUT2D eigenvalue weighted by atomic mass is 32.1. The summed E-state index contributed by atoms with van der Waals surface area (Å²) >= 11 is 1.40. The van der Waals surface area contributed by atoms with Crippen LogP contribution in [-0.4, -0.2) is 5.97 Å². The van der Waals surface area contributed by atoms with Gasteiger partial charge in [0, 0.05) is 10.6 Å².